The third-order valence-corrected chi connectivity index (χ3v) is 5.64. The number of hydrogen-bond donors (Lipinski definition) is 2. The van der Waals surface area contributed by atoms with Gasteiger partial charge in [-0.25, -0.2) is 4.79 Å². The van der Waals surface area contributed by atoms with Gasteiger partial charge in [-0.2, -0.15) is 5.10 Å². The van der Waals surface area contributed by atoms with E-state index in [4.69, 9.17) is 0 Å². The fourth-order valence-electron chi connectivity index (χ4n) is 3.12. The van der Waals surface area contributed by atoms with E-state index in [-0.39, 0.29) is 0 Å². The molecular weight excluding hydrogens is 332 g/mol. The number of nitrogens with zero attached hydrogens (tertiary/aromatic N) is 1. The first-order chi connectivity index (χ1) is 12.2. The van der Waals surface area contributed by atoms with Crippen molar-refractivity contribution in [3.63, 3.8) is 0 Å². The van der Waals surface area contributed by atoms with E-state index in [1.54, 1.807) is 0 Å². The zero-order chi connectivity index (χ0) is 17.6. The number of aromatic amines is 1. The second-order valence-electron chi connectivity index (χ2n) is 6.36. The van der Waals surface area contributed by atoms with Gasteiger partial charge in [0.05, 0.1) is 11.4 Å². The Morgan fingerprint density at radius 2 is 2.00 bits per heavy atom. The van der Waals surface area contributed by atoms with Gasteiger partial charge in [-0.05, 0) is 61.6 Å². The van der Waals surface area contributed by atoms with Crippen LogP contribution in [0.5, 0.6) is 0 Å². The van der Waals surface area contributed by atoms with Crippen LogP contribution in [0.1, 0.15) is 51.1 Å². The standard InChI is InChI=1S/C20H24N2O2S/c1-2-3-12-25-15-10-8-14(9-11-15)18-13-19(22-21-18)16-6-4-5-7-17(16)20(23)24/h8-11,13H,2-7,12H2,1H3,(H,21,22)(H,23,24). The van der Waals surface area contributed by atoms with Crippen LogP contribution < -0.4 is 0 Å². The Bertz CT molecular complexity index is 762. The topological polar surface area (TPSA) is 66.0 Å². The van der Waals surface area contributed by atoms with Gasteiger partial charge < -0.3 is 5.11 Å². The average Bonchev–Trinajstić information content (AvgIpc) is 3.12. The number of hydrogen-bond acceptors (Lipinski definition) is 3. The Kier molecular flexibility index (Phi) is 5.97. The molecule has 4 nitrogen and oxygen atoms in total. The molecule has 1 aliphatic rings. The summed E-state index contributed by atoms with van der Waals surface area (Å²) in [4.78, 5) is 12.7. The molecule has 0 saturated carbocycles. The molecule has 0 amide bonds. The largest absolute Gasteiger partial charge is 0.478 e. The Hall–Kier alpha value is -2.01. The average molecular weight is 356 g/mol. The lowest BCUT2D eigenvalue weighted by Gasteiger charge is -2.16. The molecule has 0 saturated heterocycles. The summed E-state index contributed by atoms with van der Waals surface area (Å²) in [6, 6.07) is 10.4. The highest BCUT2D eigenvalue weighted by atomic mass is 32.2. The van der Waals surface area contributed by atoms with E-state index in [0.717, 1.165) is 47.5 Å². The first-order valence-electron chi connectivity index (χ1n) is 8.93. The minimum atomic E-state index is -0.806. The number of carboxylic acids is 1. The van der Waals surface area contributed by atoms with Crippen molar-refractivity contribution in [2.45, 2.75) is 50.3 Å². The van der Waals surface area contributed by atoms with Crippen LogP contribution in [0.4, 0.5) is 0 Å². The highest BCUT2D eigenvalue weighted by molar-refractivity contribution is 7.99. The molecule has 5 heteroatoms. The van der Waals surface area contributed by atoms with Gasteiger partial charge in [-0.3, -0.25) is 5.10 Å². The molecular formula is C20H24N2O2S. The number of carbonyl (C=O) groups is 1. The summed E-state index contributed by atoms with van der Waals surface area (Å²) in [5.74, 6) is 0.341. The molecule has 2 aromatic rings. The second-order valence-corrected chi connectivity index (χ2v) is 7.53. The molecule has 1 heterocycles. The van der Waals surface area contributed by atoms with E-state index in [1.165, 1.54) is 17.7 Å². The van der Waals surface area contributed by atoms with Gasteiger partial charge in [-0.1, -0.05) is 25.5 Å². The Balaban J connectivity index is 1.78. The number of carboxylic acid groups (broad SMARTS) is 1. The first-order valence-corrected chi connectivity index (χ1v) is 9.92. The molecule has 0 unspecified atom stereocenters. The number of aliphatic carboxylic acids is 1. The summed E-state index contributed by atoms with van der Waals surface area (Å²) in [5.41, 5.74) is 4.19. The lowest BCUT2D eigenvalue weighted by atomic mass is 9.89. The number of unbranched alkanes of at least 4 members (excludes halogenated alkanes) is 1. The van der Waals surface area contributed by atoms with Crippen molar-refractivity contribution in [2.24, 2.45) is 0 Å². The van der Waals surface area contributed by atoms with Crippen molar-refractivity contribution in [1.82, 2.24) is 10.2 Å². The molecule has 0 bridgehead atoms. The number of aromatic nitrogens is 2. The Labute approximate surface area is 152 Å². The summed E-state index contributed by atoms with van der Waals surface area (Å²) in [6.45, 7) is 2.20. The molecule has 1 aliphatic carbocycles. The van der Waals surface area contributed by atoms with Crippen molar-refractivity contribution in [3.8, 4) is 11.3 Å². The summed E-state index contributed by atoms with van der Waals surface area (Å²) in [6.07, 6.45) is 5.87. The van der Waals surface area contributed by atoms with Gasteiger partial charge in [0, 0.05) is 16.0 Å². The number of nitrogens with one attached hydrogen (secondary N) is 1. The molecule has 25 heavy (non-hydrogen) atoms. The van der Waals surface area contributed by atoms with E-state index in [9.17, 15) is 9.90 Å². The lowest BCUT2D eigenvalue weighted by Crippen LogP contribution is -2.08. The van der Waals surface area contributed by atoms with Crippen LogP contribution in [0.3, 0.4) is 0 Å². The normalized spacial score (nSPS) is 14.8. The number of thioether (sulfide) groups is 1. The van der Waals surface area contributed by atoms with Gasteiger partial charge in [-0.15, -0.1) is 11.8 Å². The monoisotopic (exact) mass is 356 g/mol. The predicted molar refractivity (Wildman–Crippen MR) is 103 cm³/mol. The molecule has 0 fully saturated rings. The molecule has 3 rings (SSSR count). The third-order valence-electron chi connectivity index (χ3n) is 4.55. The SMILES string of the molecule is CCCCSc1ccc(-c2cc(C3=C(C(=O)O)CCCC3)[nH]n2)cc1. The van der Waals surface area contributed by atoms with Crippen LogP contribution in [0.15, 0.2) is 40.8 Å². The van der Waals surface area contributed by atoms with E-state index >= 15 is 0 Å². The minimum absolute atomic E-state index is 0.532. The van der Waals surface area contributed by atoms with Gasteiger partial charge in [0.25, 0.3) is 0 Å². The van der Waals surface area contributed by atoms with Crippen LogP contribution >= 0.6 is 11.8 Å². The smallest absolute Gasteiger partial charge is 0.331 e. The molecule has 2 N–H and O–H groups in total. The maximum absolute atomic E-state index is 11.5. The van der Waals surface area contributed by atoms with Gasteiger partial charge in [0.15, 0.2) is 0 Å². The van der Waals surface area contributed by atoms with Crippen LogP contribution in [0.25, 0.3) is 16.8 Å². The van der Waals surface area contributed by atoms with Crippen LogP contribution in [0, 0.1) is 0 Å². The number of allylic oxidation sites excluding steroid dienone is 1. The van der Waals surface area contributed by atoms with E-state index < -0.39 is 5.97 Å². The predicted octanol–water partition coefficient (Wildman–Crippen LogP) is 5.38. The zero-order valence-electron chi connectivity index (χ0n) is 14.5. The summed E-state index contributed by atoms with van der Waals surface area (Å²) in [5, 5.41) is 16.9. The van der Waals surface area contributed by atoms with Crippen molar-refractivity contribution >= 4 is 23.3 Å². The van der Waals surface area contributed by atoms with Gasteiger partial charge in [0.1, 0.15) is 0 Å². The van der Waals surface area contributed by atoms with Crippen molar-refractivity contribution in [2.75, 3.05) is 5.75 Å². The highest BCUT2D eigenvalue weighted by Gasteiger charge is 2.21. The quantitative estimate of drug-likeness (QED) is 0.516. The Morgan fingerprint density at radius 1 is 1.24 bits per heavy atom. The van der Waals surface area contributed by atoms with E-state index in [1.807, 2.05) is 17.8 Å². The number of benzene rings is 1. The second kappa shape index (κ2) is 8.39. The van der Waals surface area contributed by atoms with Crippen molar-refractivity contribution in [3.05, 3.63) is 41.6 Å². The van der Waals surface area contributed by atoms with Crippen LogP contribution in [-0.4, -0.2) is 27.0 Å². The first kappa shape index (κ1) is 17.8. The molecule has 0 aliphatic heterocycles. The number of rotatable bonds is 7. The summed E-state index contributed by atoms with van der Waals surface area (Å²) in [7, 11) is 0. The summed E-state index contributed by atoms with van der Waals surface area (Å²) >= 11 is 1.88. The molecule has 0 atom stereocenters. The lowest BCUT2D eigenvalue weighted by molar-refractivity contribution is -0.132. The van der Waals surface area contributed by atoms with Gasteiger partial charge >= 0.3 is 5.97 Å². The molecule has 132 valence electrons. The fraction of sp³-hybridized carbons (Fsp3) is 0.400. The van der Waals surface area contributed by atoms with Crippen molar-refractivity contribution in [1.29, 1.82) is 0 Å². The van der Waals surface area contributed by atoms with Gasteiger partial charge in [0.2, 0.25) is 0 Å². The highest BCUT2D eigenvalue weighted by Crippen LogP contribution is 2.33. The van der Waals surface area contributed by atoms with Crippen LogP contribution in [-0.2, 0) is 4.79 Å². The maximum atomic E-state index is 11.5. The molecule has 1 aromatic carbocycles. The Morgan fingerprint density at radius 3 is 2.72 bits per heavy atom. The summed E-state index contributed by atoms with van der Waals surface area (Å²) < 4.78 is 0. The van der Waals surface area contributed by atoms with E-state index in [0.29, 0.717) is 12.0 Å². The minimum Gasteiger partial charge on any atom is -0.478 e. The zero-order valence-corrected chi connectivity index (χ0v) is 15.4. The molecule has 1 aromatic heterocycles. The molecule has 0 radical (unpaired) electrons. The maximum Gasteiger partial charge on any atom is 0.331 e. The van der Waals surface area contributed by atoms with Crippen molar-refractivity contribution < 1.29 is 9.90 Å². The van der Waals surface area contributed by atoms with Crippen LogP contribution in [0.2, 0.25) is 0 Å². The molecule has 0 spiro atoms. The number of H-pyrrole nitrogens is 1. The third kappa shape index (κ3) is 4.34. The van der Waals surface area contributed by atoms with E-state index in [2.05, 4.69) is 41.4 Å². The fourth-order valence-corrected chi connectivity index (χ4v) is 4.12.